The van der Waals surface area contributed by atoms with Gasteiger partial charge in [-0.05, 0) is 18.8 Å². The maximum absolute atomic E-state index is 11.7. The van der Waals surface area contributed by atoms with Crippen LogP contribution in [0.4, 0.5) is 0 Å². The first-order chi connectivity index (χ1) is 6.42. The molecule has 14 heavy (non-hydrogen) atoms. The molecule has 0 radical (unpaired) electrons. The first-order valence-corrected chi connectivity index (χ1v) is 6.68. The van der Waals surface area contributed by atoms with Crippen molar-refractivity contribution in [3.63, 3.8) is 0 Å². The number of hydrogen-bond acceptors (Lipinski definition) is 3. The Labute approximate surface area is 86.0 Å². The Balaban J connectivity index is 2.56. The van der Waals surface area contributed by atoms with Gasteiger partial charge in [-0.25, -0.2) is 12.7 Å². The largest absolute Gasteiger partial charge is 0.393 e. The summed E-state index contributed by atoms with van der Waals surface area (Å²) >= 11 is 0. The molecule has 0 bridgehead atoms. The molecule has 0 aliphatic carbocycles. The molecule has 0 spiro atoms. The van der Waals surface area contributed by atoms with E-state index in [-0.39, 0.29) is 17.8 Å². The molecule has 0 amide bonds. The summed E-state index contributed by atoms with van der Waals surface area (Å²) in [5, 5.41) is 9.25. The molecule has 1 aliphatic rings. The number of rotatable bonds is 3. The van der Waals surface area contributed by atoms with Crippen molar-refractivity contribution < 1.29 is 13.5 Å². The zero-order valence-electron chi connectivity index (χ0n) is 8.81. The Bertz CT molecular complexity index is 266. The minimum Gasteiger partial charge on any atom is -0.393 e. The number of piperidine rings is 1. The molecule has 84 valence electrons. The van der Waals surface area contributed by atoms with Gasteiger partial charge in [-0.1, -0.05) is 13.8 Å². The summed E-state index contributed by atoms with van der Waals surface area (Å²) in [5.41, 5.74) is 0. The average molecular weight is 221 g/mol. The summed E-state index contributed by atoms with van der Waals surface area (Å²) in [7, 11) is -3.08. The number of hydrogen-bond donors (Lipinski definition) is 1. The van der Waals surface area contributed by atoms with Crippen LogP contribution in [0, 0.1) is 5.92 Å². The van der Waals surface area contributed by atoms with Gasteiger partial charge in [0.15, 0.2) is 0 Å². The molecule has 1 saturated heterocycles. The topological polar surface area (TPSA) is 57.6 Å². The summed E-state index contributed by atoms with van der Waals surface area (Å²) in [6.07, 6.45) is 0.815. The minimum atomic E-state index is -3.08. The molecule has 4 nitrogen and oxygen atoms in total. The van der Waals surface area contributed by atoms with Gasteiger partial charge in [0.05, 0.1) is 11.9 Å². The van der Waals surface area contributed by atoms with E-state index < -0.39 is 10.0 Å². The summed E-state index contributed by atoms with van der Waals surface area (Å²) in [5.74, 6) is 0.371. The summed E-state index contributed by atoms with van der Waals surface area (Å²) in [6, 6.07) is 0. The zero-order chi connectivity index (χ0) is 10.8. The second-order valence-electron chi connectivity index (χ2n) is 4.30. The van der Waals surface area contributed by atoms with E-state index in [0.717, 1.165) is 0 Å². The van der Waals surface area contributed by atoms with E-state index >= 15 is 0 Å². The van der Waals surface area contributed by atoms with Gasteiger partial charge < -0.3 is 5.11 Å². The third kappa shape index (κ3) is 3.22. The van der Waals surface area contributed by atoms with Gasteiger partial charge in [-0.15, -0.1) is 0 Å². The van der Waals surface area contributed by atoms with Crippen LogP contribution in [0.15, 0.2) is 0 Å². The highest BCUT2D eigenvalue weighted by Crippen LogP contribution is 2.15. The molecule has 0 aromatic rings. The van der Waals surface area contributed by atoms with Crippen molar-refractivity contribution in [2.24, 2.45) is 5.92 Å². The first-order valence-electron chi connectivity index (χ1n) is 5.07. The van der Waals surface area contributed by atoms with Gasteiger partial charge in [-0.3, -0.25) is 0 Å². The van der Waals surface area contributed by atoms with E-state index in [4.69, 9.17) is 0 Å². The highest BCUT2D eigenvalue weighted by atomic mass is 32.2. The van der Waals surface area contributed by atoms with Crippen LogP contribution in [0.5, 0.6) is 0 Å². The van der Waals surface area contributed by atoms with Crippen molar-refractivity contribution in [2.45, 2.75) is 32.8 Å². The predicted molar refractivity (Wildman–Crippen MR) is 55.4 cm³/mol. The predicted octanol–water partition coefficient (Wildman–Crippen LogP) is 0.429. The van der Waals surface area contributed by atoms with Crippen molar-refractivity contribution >= 4 is 10.0 Å². The van der Waals surface area contributed by atoms with Crippen LogP contribution in [0.2, 0.25) is 0 Å². The monoisotopic (exact) mass is 221 g/mol. The highest BCUT2D eigenvalue weighted by Gasteiger charge is 2.27. The fourth-order valence-corrected chi connectivity index (χ4v) is 3.47. The molecule has 1 fully saturated rings. The van der Waals surface area contributed by atoms with Crippen LogP contribution >= 0.6 is 0 Å². The molecule has 0 saturated carbocycles. The number of nitrogens with zero attached hydrogens (tertiary/aromatic N) is 1. The Morgan fingerprint density at radius 2 is 1.86 bits per heavy atom. The number of aliphatic hydroxyl groups excluding tert-OH is 1. The highest BCUT2D eigenvalue weighted by molar-refractivity contribution is 7.89. The second kappa shape index (κ2) is 4.59. The number of sulfonamides is 1. The van der Waals surface area contributed by atoms with Crippen molar-refractivity contribution in [1.29, 1.82) is 0 Å². The Kier molecular flexibility index (Phi) is 3.92. The van der Waals surface area contributed by atoms with E-state index in [1.165, 1.54) is 4.31 Å². The fraction of sp³-hybridized carbons (Fsp3) is 1.00. The molecule has 0 unspecified atom stereocenters. The Morgan fingerprint density at radius 1 is 1.36 bits per heavy atom. The molecule has 1 rings (SSSR count). The van der Waals surface area contributed by atoms with Gasteiger partial charge in [0.1, 0.15) is 0 Å². The van der Waals surface area contributed by atoms with E-state index in [1.54, 1.807) is 0 Å². The number of aliphatic hydroxyl groups is 1. The second-order valence-corrected chi connectivity index (χ2v) is 6.32. The molecule has 0 aromatic carbocycles. The zero-order valence-corrected chi connectivity index (χ0v) is 9.63. The molecule has 0 aromatic heterocycles. The van der Waals surface area contributed by atoms with Gasteiger partial charge in [0.25, 0.3) is 0 Å². The lowest BCUT2D eigenvalue weighted by atomic mass is 10.1. The third-order valence-corrected chi connectivity index (χ3v) is 4.60. The van der Waals surface area contributed by atoms with E-state index in [2.05, 4.69) is 0 Å². The minimum absolute atomic E-state index is 0.159. The van der Waals surface area contributed by atoms with Crippen LogP contribution in [0.1, 0.15) is 26.7 Å². The lowest BCUT2D eigenvalue weighted by Gasteiger charge is -2.29. The molecular formula is C9H19NO3S. The molecule has 1 N–H and O–H groups in total. The summed E-state index contributed by atoms with van der Waals surface area (Å²) in [6.45, 7) is 4.74. The van der Waals surface area contributed by atoms with E-state index in [0.29, 0.717) is 25.9 Å². The Morgan fingerprint density at radius 3 is 2.29 bits per heavy atom. The van der Waals surface area contributed by atoms with Crippen LogP contribution in [-0.2, 0) is 10.0 Å². The quantitative estimate of drug-likeness (QED) is 0.752. The molecule has 5 heteroatoms. The molecular weight excluding hydrogens is 202 g/mol. The summed E-state index contributed by atoms with van der Waals surface area (Å²) in [4.78, 5) is 0. The molecule has 1 heterocycles. The lowest BCUT2D eigenvalue weighted by Crippen LogP contribution is -2.41. The van der Waals surface area contributed by atoms with Crippen molar-refractivity contribution in [2.75, 3.05) is 18.8 Å². The van der Waals surface area contributed by atoms with Gasteiger partial charge in [0.2, 0.25) is 10.0 Å². The van der Waals surface area contributed by atoms with Gasteiger partial charge >= 0.3 is 0 Å². The van der Waals surface area contributed by atoms with Crippen molar-refractivity contribution in [1.82, 2.24) is 4.31 Å². The van der Waals surface area contributed by atoms with Crippen LogP contribution in [0.3, 0.4) is 0 Å². The molecule has 0 atom stereocenters. The maximum Gasteiger partial charge on any atom is 0.214 e. The smallest absolute Gasteiger partial charge is 0.214 e. The van der Waals surface area contributed by atoms with E-state index in [1.807, 2.05) is 13.8 Å². The average Bonchev–Trinajstić information content (AvgIpc) is 2.02. The molecule has 1 aliphatic heterocycles. The maximum atomic E-state index is 11.7. The lowest BCUT2D eigenvalue weighted by molar-refractivity contribution is 0.113. The normalized spacial score (nSPS) is 21.7. The van der Waals surface area contributed by atoms with Crippen LogP contribution < -0.4 is 0 Å². The summed E-state index contributed by atoms with van der Waals surface area (Å²) < 4.78 is 25.0. The standard InChI is InChI=1S/C9H19NO3S/c1-8(2)7-14(12,13)10-5-3-9(11)4-6-10/h8-9,11H,3-7H2,1-2H3. The van der Waals surface area contributed by atoms with Crippen molar-refractivity contribution in [3.05, 3.63) is 0 Å². The Hall–Kier alpha value is -0.130. The van der Waals surface area contributed by atoms with Gasteiger partial charge in [0, 0.05) is 13.1 Å². The van der Waals surface area contributed by atoms with E-state index in [9.17, 15) is 13.5 Å². The first kappa shape index (κ1) is 11.9. The third-order valence-electron chi connectivity index (χ3n) is 2.36. The van der Waals surface area contributed by atoms with Gasteiger partial charge in [-0.2, -0.15) is 0 Å². The van der Waals surface area contributed by atoms with Crippen LogP contribution in [-0.4, -0.2) is 42.8 Å². The fourth-order valence-electron chi connectivity index (χ4n) is 1.65. The van der Waals surface area contributed by atoms with Crippen LogP contribution in [0.25, 0.3) is 0 Å². The SMILES string of the molecule is CC(C)CS(=O)(=O)N1CCC(O)CC1. The van der Waals surface area contributed by atoms with Crippen molar-refractivity contribution in [3.8, 4) is 0 Å².